The van der Waals surface area contributed by atoms with Gasteiger partial charge in [-0.1, -0.05) is 78.6 Å². The monoisotopic (exact) mass is 508 g/mol. The lowest BCUT2D eigenvalue weighted by Crippen LogP contribution is -2.49. The van der Waals surface area contributed by atoms with Gasteiger partial charge in [0.1, 0.15) is 21.7 Å². The van der Waals surface area contributed by atoms with Gasteiger partial charge < -0.3 is 10.8 Å². The molecule has 0 aliphatic carbocycles. The molecule has 0 saturated heterocycles. The number of pyridine rings is 1. The second-order valence-corrected chi connectivity index (χ2v) is 9.61. The summed E-state index contributed by atoms with van der Waals surface area (Å²) in [6, 6.07) is 1.50. The molecule has 0 saturated carbocycles. The Labute approximate surface area is 194 Å². The van der Waals surface area contributed by atoms with Crippen molar-refractivity contribution in [2.45, 2.75) is 110 Å². The van der Waals surface area contributed by atoms with Crippen LogP contribution in [0.15, 0.2) is 10.7 Å². The minimum absolute atomic E-state index is 0.241. The minimum atomic E-state index is -3.13. The van der Waals surface area contributed by atoms with Crippen LogP contribution in [-0.2, 0) is 12.0 Å². The van der Waals surface area contributed by atoms with Crippen molar-refractivity contribution in [2.75, 3.05) is 6.61 Å². The maximum Gasteiger partial charge on any atom is 0.264 e. The predicted molar refractivity (Wildman–Crippen MR) is 125 cm³/mol. The third-order valence-electron chi connectivity index (χ3n) is 7.00. The number of hydrogen-bond acceptors (Lipinski definition) is 3. The zero-order valence-electron chi connectivity index (χ0n) is 19.3. The minimum Gasteiger partial charge on any atom is -0.394 e. The summed E-state index contributed by atoms with van der Waals surface area (Å²) in [6.07, 6.45) is 10.1. The van der Waals surface area contributed by atoms with Crippen molar-refractivity contribution < 1.29 is 18.3 Å². The summed E-state index contributed by atoms with van der Waals surface area (Å²) >= 11 is 3.15. The lowest BCUT2D eigenvalue weighted by molar-refractivity contribution is 0.0107. The van der Waals surface area contributed by atoms with E-state index < -0.39 is 30.1 Å². The fraction of sp³-hybridized carbons (Fsp3) is 0.792. The molecule has 0 spiro atoms. The van der Waals surface area contributed by atoms with Gasteiger partial charge in [0.15, 0.2) is 0 Å². The molecule has 0 aliphatic heterocycles. The first-order valence-corrected chi connectivity index (χ1v) is 12.5. The standard InChI is InChI=1S/C24H40BrF3N2O/c1-4-23(5-2,6-3)15-13-11-9-7-8-10-12-14-18-16-19(25)30-21(20(18)26)24(29,17-31)22(27)28/h16,22,31H,4-15,17,29H2,1-3H3/t24-/m0/s1. The lowest BCUT2D eigenvalue weighted by Gasteiger charge is -2.30. The normalized spacial score (nSPS) is 14.3. The molecule has 180 valence electrons. The number of hydrogen-bond donors (Lipinski definition) is 2. The summed E-state index contributed by atoms with van der Waals surface area (Å²) in [7, 11) is 0. The Kier molecular flexibility index (Phi) is 12.6. The second kappa shape index (κ2) is 13.8. The van der Waals surface area contributed by atoms with Crippen molar-refractivity contribution >= 4 is 15.9 Å². The molecule has 0 bridgehead atoms. The van der Waals surface area contributed by atoms with Crippen LogP contribution in [0.2, 0.25) is 0 Å². The molecule has 0 fully saturated rings. The number of nitrogens with zero attached hydrogens (tertiary/aromatic N) is 1. The fourth-order valence-electron chi connectivity index (χ4n) is 4.26. The highest BCUT2D eigenvalue weighted by atomic mass is 79.9. The van der Waals surface area contributed by atoms with Crippen molar-refractivity contribution in [3.63, 3.8) is 0 Å². The first-order valence-electron chi connectivity index (χ1n) is 11.7. The molecule has 0 radical (unpaired) electrons. The summed E-state index contributed by atoms with van der Waals surface area (Å²) in [5, 5.41) is 9.31. The van der Waals surface area contributed by atoms with E-state index in [4.69, 9.17) is 5.73 Å². The first kappa shape index (κ1) is 28.4. The van der Waals surface area contributed by atoms with E-state index in [1.165, 1.54) is 51.0 Å². The molecule has 1 aromatic rings. The van der Waals surface area contributed by atoms with Crippen molar-refractivity contribution in [1.82, 2.24) is 4.98 Å². The lowest BCUT2D eigenvalue weighted by atomic mass is 9.75. The maximum absolute atomic E-state index is 14.8. The van der Waals surface area contributed by atoms with Crippen molar-refractivity contribution in [1.29, 1.82) is 0 Å². The van der Waals surface area contributed by atoms with Crippen LogP contribution in [-0.4, -0.2) is 23.1 Å². The average Bonchev–Trinajstić information content (AvgIpc) is 2.76. The van der Waals surface area contributed by atoms with Crippen molar-refractivity contribution in [2.24, 2.45) is 11.1 Å². The van der Waals surface area contributed by atoms with Gasteiger partial charge >= 0.3 is 0 Å². The van der Waals surface area contributed by atoms with E-state index in [0.717, 1.165) is 25.7 Å². The Morgan fingerprint density at radius 2 is 1.52 bits per heavy atom. The number of rotatable bonds is 16. The Bertz CT molecular complexity index is 648. The van der Waals surface area contributed by atoms with Gasteiger partial charge in [0.25, 0.3) is 6.43 Å². The number of nitrogens with two attached hydrogens (primary N) is 1. The van der Waals surface area contributed by atoms with Crippen LogP contribution < -0.4 is 5.73 Å². The highest BCUT2D eigenvalue weighted by Crippen LogP contribution is 2.36. The molecule has 0 aromatic carbocycles. The number of aryl methyl sites for hydroxylation is 1. The Hall–Kier alpha value is -0.660. The van der Waals surface area contributed by atoms with Gasteiger partial charge in [0, 0.05) is 0 Å². The van der Waals surface area contributed by atoms with Gasteiger partial charge in [-0.05, 0) is 52.2 Å². The number of aliphatic hydroxyl groups excluding tert-OH is 1. The van der Waals surface area contributed by atoms with Gasteiger partial charge in [0.05, 0.1) is 6.61 Å². The number of halogens is 4. The Balaban J connectivity index is 2.44. The van der Waals surface area contributed by atoms with Gasteiger partial charge in [-0.15, -0.1) is 0 Å². The van der Waals surface area contributed by atoms with Crippen molar-refractivity contribution in [3.05, 3.63) is 27.7 Å². The van der Waals surface area contributed by atoms with Crippen LogP contribution in [0.5, 0.6) is 0 Å². The van der Waals surface area contributed by atoms with E-state index in [1.54, 1.807) is 0 Å². The Morgan fingerprint density at radius 3 is 2.00 bits per heavy atom. The summed E-state index contributed by atoms with van der Waals surface area (Å²) in [5.74, 6) is -0.841. The van der Waals surface area contributed by atoms with E-state index in [1.807, 2.05) is 0 Å². The predicted octanol–water partition coefficient (Wildman–Crippen LogP) is 7.27. The number of alkyl halides is 2. The molecule has 7 heteroatoms. The molecule has 31 heavy (non-hydrogen) atoms. The van der Waals surface area contributed by atoms with E-state index in [-0.39, 0.29) is 4.60 Å². The van der Waals surface area contributed by atoms with E-state index in [9.17, 15) is 18.3 Å². The first-order chi connectivity index (χ1) is 14.7. The molecule has 3 N–H and O–H groups in total. The smallest absolute Gasteiger partial charge is 0.264 e. The molecule has 1 aromatic heterocycles. The van der Waals surface area contributed by atoms with E-state index >= 15 is 0 Å². The summed E-state index contributed by atoms with van der Waals surface area (Å²) < 4.78 is 41.7. The molecular formula is C24H40BrF3N2O. The summed E-state index contributed by atoms with van der Waals surface area (Å²) in [6.45, 7) is 5.81. The largest absolute Gasteiger partial charge is 0.394 e. The van der Waals surface area contributed by atoms with Gasteiger partial charge in [-0.25, -0.2) is 18.2 Å². The van der Waals surface area contributed by atoms with Crippen molar-refractivity contribution in [3.8, 4) is 0 Å². The third kappa shape index (κ3) is 8.01. The molecule has 1 heterocycles. The van der Waals surface area contributed by atoms with E-state index in [0.29, 0.717) is 17.4 Å². The SMILES string of the molecule is CCC(CC)(CC)CCCCCCCCCc1cc(Br)nc([C@@](N)(CO)C(F)F)c1F. The molecule has 0 aliphatic rings. The van der Waals surface area contributed by atoms with Crippen LogP contribution in [0.1, 0.15) is 103 Å². The van der Waals surface area contributed by atoms with Gasteiger partial charge in [0.2, 0.25) is 0 Å². The fourth-order valence-corrected chi connectivity index (χ4v) is 4.72. The summed E-state index contributed by atoms with van der Waals surface area (Å²) in [5.41, 5.74) is 3.29. The van der Waals surface area contributed by atoms with Gasteiger partial charge in [-0.3, -0.25) is 0 Å². The van der Waals surface area contributed by atoms with Crippen LogP contribution in [0.25, 0.3) is 0 Å². The van der Waals surface area contributed by atoms with E-state index in [2.05, 4.69) is 41.7 Å². The Morgan fingerprint density at radius 1 is 1.00 bits per heavy atom. The van der Waals surface area contributed by atoms with Gasteiger partial charge in [-0.2, -0.15) is 0 Å². The zero-order chi connectivity index (χ0) is 23.5. The van der Waals surface area contributed by atoms with Crippen LogP contribution >= 0.6 is 15.9 Å². The number of aromatic nitrogens is 1. The molecule has 1 atom stereocenters. The topological polar surface area (TPSA) is 59.1 Å². The van der Waals surface area contributed by atoms with Crippen LogP contribution in [0.3, 0.4) is 0 Å². The zero-order valence-corrected chi connectivity index (χ0v) is 20.9. The quantitative estimate of drug-likeness (QED) is 0.182. The molecular weight excluding hydrogens is 469 g/mol. The molecule has 0 amide bonds. The summed E-state index contributed by atoms with van der Waals surface area (Å²) in [4.78, 5) is 3.80. The molecule has 1 rings (SSSR count). The second-order valence-electron chi connectivity index (χ2n) is 8.80. The highest BCUT2D eigenvalue weighted by Gasteiger charge is 2.42. The van der Waals surface area contributed by atoms with Crippen LogP contribution in [0, 0.1) is 11.2 Å². The number of unbranched alkanes of at least 4 members (excludes halogenated alkanes) is 6. The molecule has 0 unspecified atom stereocenters. The average molecular weight is 509 g/mol. The third-order valence-corrected chi connectivity index (χ3v) is 7.40. The van der Waals surface area contributed by atoms with Crippen LogP contribution in [0.4, 0.5) is 13.2 Å². The molecule has 3 nitrogen and oxygen atoms in total. The highest BCUT2D eigenvalue weighted by molar-refractivity contribution is 9.10. The maximum atomic E-state index is 14.8. The number of aliphatic hydroxyl groups is 1.